The number of nitrogens with zero attached hydrogens (tertiary/aromatic N) is 4. The lowest BCUT2D eigenvalue weighted by atomic mass is 10.1. The first kappa shape index (κ1) is 19.2. The van der Waals surface area contributed by atoms with Gasteiger partial charge in [-0.1, -0.05) is 42.1 Å². The Morgan fingerprint density at radius 2 is 1.93 bits per heavy atom. The zero-order valence-electron chi connectivity index (χ0n) is 16.2. The smallest absolute Gasteiger partial charge is 0.257 e. The van der Waals surface area contributed by atoms with E-state index in [1.807, 2.05) is 11.0 Å². The molecule has 1 amide bonds. The molecule has 6 nitrogen and oxygen atoms in total. The summed E-state index contributed by atoms with van der Waals surface area (Å²) in [6, 6.07) is 10.5. The van der Waals surface area contributed by atoms with Gasteiger partial charge in [0.2, 0.25) is 5.91 Å². The number of carbonyl (C=O) groups is 1. The zero-order valence-corrected chi connectivity index (χ0v) is 17.0. The summed E-state index contributed by atoms with van der Waals surface area (Å²) < 4.78 is 1.67. The lowest BCUT2D eigenvalue weighted by Gasteiger charge is -2.37. The van der Waals surface area contributed by atoms with E-state index in [1.54, 1.807) is 17.7 Å². The van der Waals surface area contributed by atoms with Crippen LogP contribution in [0.15, 0.2) is 46.5 Å². The number of hydrogen-bond donors (Lipinski definition) is 0. The second-order valence-electron chi connectivity index (χ2n) is 7.55. The van der Waals surface area contributed by atoms with Gasteiger partial charge in [0, 0.05) is 56.8 Å². The molecule has 28 heavy (non-hydrogen) atoms. The molecular formula is C21H26N4O2S. The molecule has 7 heteroatoms. The summed E-state index contributed by atoms with van der Waals surface area (Å²) in [5.74, 6) is 0.728. The Morgan fingerprint density at radius 1 is 1.18 bits per heavy atom. The van der Waals surface area contributed by atoms with Crippen LogP contribution in [-0.2, 0) is 17.8 Å². The van der Waals surface area contributed by atoms with Gasteiger partial charge in [0.15, 0.2) is 5.16 Å². The van der Waals surface area contributed by atoms with Crippen molar-refractivity contribution in [2.24, 2.45) is 5.92 Å². The first-order chi connectivity index (χ1) is 13.6. The third-order valence-corrected chi connectivity index (χ3v) is 6.74. The van der Waals surface area contributed by atoms with Gasteiger partial charge in [-0.15, -0.1) is 0 Å². The van der Waals surface area contributed by atoms with E-state index < -0.39 is 0 Å². The molecule has 1 saturated heterocycles. The lowest BCUT2D eigenvalue weighted by molar-refractivity contribution is -0.137. The van der Waals surface area contributed by atoms with Gasteiger partial charge < -0.3 is 4.90 Å². The van der Waals surface area contributed by atoms with E-state index in [4.69, 9.17) is 0 Å². The molecule has 3 heterocycles. The van der Waals surface area contributed by atoms with E-state index in [1.165, 1.54) is 17.3 Å². The molecule has 2 aromatic rings. The standard InChI is InChI=1S/C21H26N4O2S/c1-16-13-22-21-25(19(16)26)14-18(15-28-21)20(27)24-11-9-23(10-12-24)8-7-17-5-3-2-4-6-17/h2-6,13,18H,7-12,14-15H2,1H3/t18-/m1/s1. The number of amides is 1. The highest BCUT2D eigenvalue weighted by molar-refractivity contribution is 7.99. The normalized spacial score (nSPS) is 20.0. The SMILES string of the molecule is Cc1cnc2n(c1=O)C[C@@H](C(=O)N1CCN(CCc3ccccc3)CC1)CS2. The molecule has 0 unspecified atom stereocenters. The summed E-state index contributed by atoms with van der Waals surface area (Å²) in [4.78, 5) is 34.1. The van der Waals surface area contributed by atoms with Gasteiger partial charge in [-0.2, -0.15) is 0 Å². The molecule has 2 aliphatic heterocycles. The topological polar surface area (TPSA) is 58.4 Å². The Morgan fingerprint density at radius 3 is 2.68 bits per heavy atom. The maximum atomic E-state index is 13.0. The van der Waals surface area contributed by atoms with E-state index in [0.29, 0.717) is 17.9 Å². The number of aryl methyl sites for hydroxylation is 1. The van der Waals surface area contributed by atoms with Crippen molar-refractivity contribution in [2.45, 2.75) is 25.0 Å². The number of carbonyl (C=O) groups excluding carboxylic acids is 1. The Bertz CT molecular complexity index is 891. The summed E-state index contributed by atoms with van der Waals surface area (Å²) in [5.41, 5.74) is 1.96. The fourth-order valence-electron chi connectivity index (χ4n) is 3.83. The Labute approximate surface area is 169 Å². The summed E-state index contributed by atoms with van der Waals surface area (Å²) in [6.45, 7) is 6.60. The summed E-state index contributed by atoms with van der Waals surface area (Å²) in [7, 11) is 0. The van der Waals surface area contributed by atoms with E-state index in [9.17, 15) is 9.59 Å². The Balaban J connectivity index is 1.31. The van der Waals surface area contributed by atoms with Gasteiger partial charge in [-0.3, -0.25) is 19.1 Å². The van der Waals surface area contributed by atoms with Crippen LogP contribution in [-0.4, -0.2) is 63.7 Å². The number of aromatic nitrogens is 2. The summed E-state index contributed by atoms with van der Waals surface area (Å²) in [6.07, 6.45) is 2.66. The van der Waals surface area contributed by atoms with Crippen molar-refractivity contribution in [1.82, 2.24) is 19.4 Å². The molecule has 0 N–H and O–H groups in total. The van der Waals surface area contributed by atoms with E-state index >= 15 is 0 Å². The maximum absolute atomic E-state index is 13.0. The number of hydrogen-bond acceptors (Lipinski definition) is 5. The van der Waals surface area contributed by atoms with Crippen LogP contribution < -0.4 is 5.56 Å². The van der Waals surface area contributed by atoms with Crippen molar-refractivity contribution in [3.63, 3.8) is 0 Å². The Hall–Kier alpha value is -2.12. The van der Waals surface area contributed by atoms with Gasteiger partial charge >= 0.3 is 0 Å². The predicted octanol–water partition coefficient (Wildman–Crippen LogP) is 1.66. The van der Waals surface area contributed by atoms with Crippen molar-refractivity contribution < 1.29 is 4.79 Å². The summed E-state index contributed by atoms with van der Waals surface area (Å²) >= 11 is 1.51. The molecule has 0 aliphatic carbocycles. The van der Waals surface area contributed by atoms with Crippen molar-refractivity contribution in [2.75, 3.05) is 38.5 Å². The molecule has 0 saturated carbocycles. The summed E-state index contributed by atoms with van der Waals surface area (Å²) in [5, 5.41) is 0.727. The van der Waals surface area contributed by atoms with Crippen LogP contribution in [0.5, 0.6) is 0 Å². The molecule has 0 bridgehead atoms. The van der Waals surface area contributed by atoms with Gasteiger partial charge in [0.25, 0.3) is 5.56 Å². The van der Waals surface area contributed by atoms with Crippen molar-refractivity contribution in [3.05, 3.63) is 58.0 Å². The van der Waals surface area contributed by atoms with Gasteiger partial charge in [-0.25, -0.2) is 4.98 Å². The average molecular weight is 399 g/mol. The number of benzene rings is 1. The monoisotopic (exact) mass is 398 g/mol. The van der Waals surface area contributed by atoms with Gasteiger partial charge in [0.1, 0.15) is 0 Å². The quantitative estimate of drug-likeness (QED) is 0.733. The van der Waals surface area contributed by atoms with Crippen LogP contribution in [0.3, 0.4) is 0 Å². The molecule has 1 fully saturated rings. The molecule has 1 aromatic carbocycles. The Kier molecular flexibility index (Phi) is 5.82. The number of rotatable bonds is 4. The number of piperazine rings is 1. The second kappa shape index (κ2) is 8.49. The minimum absolute atomic E-state index is 0.0271. The van der Waals surface area contributed by atoms with E-state index in [0.717, 1.165) is 44.3 Å². The molecule has 0 radical (unpaired) electrons. The molecule has 1 atom stereocenters. The van der Waals surface area contributed by atoms with Crippen molar-refractivity contribution in [3.8, 4) is 0 Å². The first-order valence-corrected chi connectivity index (χ1v) is 10.8. The molecule has 4 rings (SSSR count). The average Bonchev–Trinajstić information content (AvgIpc) is 2.75. The molecule has 0 spiro atoms. The molecule has 148 valence electrons. The van der Waals surface area contributed by atoms with Crippen LogP contribution in [0.4, 0.5) is 0 Å². The largest absolute Gasteiger partial charge is 0.340 e. The first-order valence-electron chi connectivity index (χ1n) is 9.86. The van der Waals surface area contributed by atoms with Crippen LogP contribution in [0.25, 0.3) is 0 Å². The van der Waals surface area contributed by atoms with Gasteiger partial charge in [-0.05, 0) is 18.9 Å². The molecule has 2 aliphatic rings. The molecule has 1 aromatic heterocycles. The van der Waals surface area contributed by atoms with Crippen LogP contribution in [0, 0.1) is 12.8 Å². The van der Waals surface area contributed by atoms with E-state index in [-0.39, 0.29) is 17.4 Å². The molecular weight excluding hydrogens is 372 g/mol. The number of fused-ring (bicyclic) bond motifs is 1. The van der Waals surface area contributed by atoms with E-state index in [2.05, 4.69) is 34.1 Å². The number of thioether (sulfide) groups is 1. The third kappa shape index (κ3) is 4.15. The minimum Gasteiger partial charge on any atom is -0.340 e. The fourth-order valence-corrected chi connectivity index (χ4v) is 4.87. The highest BCUT2D eigenvalue weighted by Gasteiger charge is 2.31. The van der Waals surface area contributed by atoms with Crippen molar-refractivity contribution in [1.29, 1.82) is 0 Å². The maximum Gasteiger partial charge on any atom is 0.257 e. The van der Waals surface area contributed by atoms with Crippen LogP contribution >= 0.6 is 11.8 Å². The van der Waals surface area contributed by atoms with Crippen LogP contribution in [0.1, 0.15) is 11.1 Å². The predicted molar refractivity (Wildman–Crippen MR) is 111 cm³/mol. The highest BCUT2D eigenvalue weighted by atomic mass is 32.2. The fraction of sp³-hybridized carbons (Fsp3) is 0.476. The third-order valence-electron chi connectivity index (χ3n) is 5.59. The van der Waals surface area contributed by atoms with Gasteiger partial charge in [0.05, 0.1) is 5.92 Å². The zero-order chi connectivity index (χ0) is 19.5. The second-order valence-corrected chi connectivity index (χ2v) is 8.54. The van der Waals surface area contributed by atoms with Crippen LogP contribution in [0.2, 0.25) is 0 Å². The van der Waals surface area contributed by atoms with Crippen molar-refractivity contribution >= 4 is 17.7 Å². The lowest BCUT2D eigenvalue weighted by Crippen LogP contribution is -2.52. The highest BCUT2D eigenvalue weighted by Crippen LogP contribution is 2.26. The minimum atomic E-state index is -0.144.